The van der Waals surface area contributed by atoms with E-state index in [0.29, 0.717) is 4.88 Å². The normalized spacial score (nSPS) is 13.5. The number of hydrogen-bond donors (Lipinski definition) is 1. The van der Waals surface area contributed by atoms with E-state index in [1.54, 1.807) is 0 Å². The fourth-order valence-corrected chi connectivity index (χ4v) is 4.88. The van der Waals surface area contributed by atoms with Crippen LogP contribution in [-0.2, 0) is 13.0 Å². The van der Waals surface area contributed by atoms with Gasteiger partial charge in [-0.15, -0.1) is 21.5 Å². The number of hydrogen-bond acceptors (Lipinski definition) is 4. The van der Waals surface area contributed by atoms with Gasteiger partial charge < -0.3 is 9.88 Å². The molecule has 0 saturated carbocycles. The lowest BCUT2D eigenvalue weighted by atomic mass is 10.0. The van der Waals surface area contributed by atoms with E-state index in [9.17, 15) is 4.79 Å². The minimum atomic E-state index is -0.0946. The van der Waals surface area contributed by atoms with Crippen molar-refractivity contribution < 1.29 is 4.79 Å². The van der Waals surface area contributed by atoms with Crippen LogP contribution in [0.2, 0.25) is 0 Å². The van der Waals surface area contributed by atoms with Gasteiger partial charge in [0.2, 0.25) is 0 Å². The minimum absolute atomic E-state index is 0.0946. The fourth-order valence-electron chi connectivity index (χ4n) is 4.07. The molecule has 2 aromatic heterocycles. The number of carbonyl (C=O) groups is 1. The van der Waals surface area contributed by atoms with Crippen molar-refractivity contribution in [1.82, 2.24) is 14.8 Å². The SMILES string of the molecule is Cc1ccc(-c2ccsc2C(=O)Nc2cccc(-c3nnc4n3CCCCC4)c2)cc1. The van der Waals surface area contributed by atoms with Crippen LogP contribution in [0.3, 0.4) is 0 Å². The zero-order chi connectivity index (χ0) is 21.2. The van der Waals surface area contributed by atoms with E-state index in [1.165, 1.54) is 29.7 Å². The molecule has 6 heteroatoms. The molecule has 0 fully saturated rings. The number of carbonyl (C=O) groups excluding carboxylic acids is 1. The highest BCUT2D eigenvalue weighted by atomic mass is 32.1. The van der Waals surface area contributed by atoms with Crippen LogP contribution < -0.4 is 5.32 Å². The smallest absolute Gasteiger partial charge is 0.266 e. The number of nitrogens with zero attached hydrogens (tertiary/aromatic N) is 3. The van der Waals surface area contributed by atoms with E-state index < -0.39 is 0 Å². The van der Waals surface area contributed by atoms with Crippen LogP contribution in [0, 0.1) is 6.92 Å². The maximum atomic E-state index is 13.1. The van der Waals surface area contributed by atoms with Gasteiger partial charge >= 0.3 is 0 Å². The number of anilines is 1. The molecule has 0 bridgehead atoms. The van der Waals surface area contributed by atoms with E-state index in [1.807, 2.05) is 35.7 Å². The highest BCUT2D eigenvalue weighted by Crippen LogP contribution is 2.30. The molecule has 31 heavy (non-hydrogen) atoms. The lowest BCUT2D eigenvalue weighted by molar-refractivity contribution is 0.103. The molecule has 0 radical (unpaired) electrons. The molecular weight excluding hydrogens is 404 g/mol. The maximum Gasteiger partial charge on any atom is 0.266 e. The molecular formula is C25H24N4OS. The molecule has 0 saturated heterocycles. The van der Waals surface area contributed by atoms with Gasteiger partial charge in [-0.3, -0.25) is 4.79 Å². The van der Waals surface area contributed by atoms with Crippen molar-refractivity contribution in [1.29, 1.82) is 0 Å². The Balaban J connectivity index is 1.40. The van der Waals surface area contributed by atoms with Gasteiger partial charge in [0, 0.05) is 29.8 Å². The Morgan fingerprint density at radius 3 is 2.74 bits per heavy atom. The van der Waals surface area contributed by atoms with Crippen LogP contribution >= 0.6 is 11.3 Å². The lowest BCUT2D eigenvalue weighted by Crippen LogP contribution is -2.11. The van der Waals surface area contributed by atoms with Crippen molar-refractivity contribution in [2.45, 2.75) is 39.2 Å². The first-order valence-electron chi connectivity index (χ1n) is 10.7. The van der Waals surface area contributed by atoms with Crippen molar-refractivity contribution in [2.75, 3.05) is 5.32 Å². The maximum absolute atomic E-state index is 13.1. The second kappa shape index (κ2) is 8.47. The summed E-state index contributed by atoms with van der Waals surface area (Å²) in [6.07, 6.45) is 4.51. The molecule has 1 amide bonds. The van der Waals surface area contributed by atoms with Crippen LogP contribution in [0.1, 0.15) is 40.3 Å². The molecule has 1 N–H and O–H groups in total. The van der Waals surface area contributed by atoms with Crippen LogP contribution in [0.15, 0.2) is 60.0 Å². The van der Waals surface area contributed by atoms with Crippen molar-refractivity contribution in [3.05, 3.63) is 76.2 Å². The largest absolute Gasteiger partial charge is 0.321 e. The predicted molar refractivity (Wildman–Crippen MR) is 125 cm³/mol. The summed E-state index contributed by atoms with van der Waals surface area (Å²) in [4.78, 5) is 13.8. The molecule has 2 aromatic carbocycles. The van der Waals surface area contributed by atoms with Gasteiger partial charge in [0.1, 0.15) is 5.82 Å². The molecule has 0 aliphatic carbocycles. The molecule has 5 nitrogen and oxygen atoms in total. The number of nitrogens with one attached hydrogen (secondary N) is 1. The lowest BCUT2D eigenvalue weighted by Gasteiger charge is -2.10. The molecule has 5 rings (SSSR count). The van der Waals surface area contributed by atoms with Crippen LogP contribution in [-0.4, -0.2) is 20.7 Å². The molecule has 0 atom stereocenters. The first-order chi connectivity index (χ1) is 15.2. The van der Waals surface area contributed by atoms with E-state index >= 15 is 0 Å². The quantitative estimate of drug-likeness (QED) is 0.436. The Morgan fingerprint density at radius 1 is 1.00 bits per heavy atom. The number of amides is 1. The molecule has 1 aliphatic rings. The Morgan fingerprint density at radius 2 is 1.87 bits per heavy atom. The van der Waals surface area contributed by atoms with Gasteiger partial charge in [0.25, 0.3) is 5.91 Å². The molecule has 156 valence electrons. The fraction of sp³-hybridized carbons (Fsp3) is 0.240. The van der Waals surface area contributed by atoms with Gasteiger partial charge in [-0.2, -0.15) is 0 Å². The van der Waals surface area contributed by atoms with Gasteiger partial charge in [0.15, 0.2) is 5.82 Å². The Kier molecular flexibility index (Phi) is 5.38. The molecule has 0 unspecified atom stereocenters. The van der Waals surface area contributed by atoms with Crippen LogP contribution in [0.4, 0.5) is 5.69 Å². The third kappa shape index (κ3) is 4.03. The second-order valence-corrected chi connectivity index (χ2v) is 8.88. The number of aromatic nitrogens is 3. The summed E-state index contributed by atoms with van der Waals surface area (Å²) in [5.41, 5.74) is 4.95. The van der Waals surface area contributed by atoms with Crippen molar-refractivity contribution in [3.63, 3.8) is 0 Å². The number of benzene rings is 2. The highest BCUT2D eigenvalue weighted by Gasteiger charge is 2.18. The van der Waals surface area contributed by atoms with Crippen molar-refractivity contribution in [3.8, 4) is 22.5 Å². The number of thiophene rings is 1. The molecule has 4 aromatic rings. The van der Waals surface area contributed by atoms with Crippen molar-refractivity contribution in [2.24, 2.45) is 0 Å². The first kappa shape index (κ1) is 19.7. The van der Waals surface area contributed by atoms with Crippen molar-refractivity contribution >= 4 is 22.9 Å². The van der Waals surface area contributed by atoms with Gasteiger partial charge in [-0.25, -0.2) is 0 Å². The number of rotatable bonds is 4. The monoisotopic (exact) mass is 428 g/mol. The Labute approximate surface area is 185 Å². The average Bonchev–Trinajstić information content (AvgIpc) is 3.36. The number of fused-ring (bicyclic) bond motifs is 1. The average molecular weight is 429 g/mol. The van der Waals surface area contributed by atoms with E-state index in [4.69, 9.17) is 0 Å². The predicted octanol–water partition coefficient (Wildman–Crippen LogP) is 5.96. The molecule has 0 spiro atoms. The van der Waals surface area contributed by atoms with Gasteiger partial charge in [-0.05, 0) is 48.9 Å². The van der Waals surface area contributed by atoms with E-state index in [0.717, 1.165) is 53.4 Å². The van der Waals surface area contributed by atoms with Crippen LogP contribution in [0.25, 0.3) is 22.5 Å². The highest BCUT2D eigenvalue weighted by molar-refractivity contribution is 7.12. The Bertz CT molecular complexity index is 1220. The van der Waals surface area contributed by atoms with Gasteiger partial charge in [-0.1, -0.05) is 48.4 Å². The zero-order valence-electron chi connectivity index (χ0n) is 17.5. The van der Waals surface area contributed by atoms with E-state index in [2.05, 4.69) is 51.3 Å². The summed E-state index contributed by atoms with van der Waals surface area (Å²) in [5, 5.41) is 13.9. The topological polar surface area (TPSA) is 59.8 Å². The van der Waals surface area contributed by atoms with Gasteiger partial charge in [0.05, 0.1) is 4.88 Å². The molecule has 3 heterocycles. The second-order valence-electron chi connectivity index (χ2n) is 7.97. The summed E-state index contributed by atoms with van der Waals surface area (Å²) < 4.78 is 2.22. The van der Waals surface area contributed by atoms with Crippen LogP contribution in [0.5, 0.6) is 0 Å². The first-order valence-corrected chi connectivity index (χ1v) is 11.6. The summed E-state index contributed by atoms with van der Waals surface area (Å²) in [6, 6.07) is 18.2. The Hall–Kier alpha value is -3.25. The third-order valence-electron chi connectivity index (χ3n) is 5.72. The summed E-state index contributed by atoms with van der Waals surface area (Å²) in [7, 11) is 0. The third-order valence-corrected chi connectivity index (χ3v) is 6.64. The number of aryl methyl sites for hydroxylation is 2. The van der Waals surface area contributed by atoms with E-state index in [-0.39, 0.29) is 5.91 Å². The zero-order valence-corrected chi connectivity index (χ0v) is 18.3. The summed E-state index contributed by atoms with van der Waals surface area (Å²) >= 11 is 1.46. The molecule has 1 aliphatic heterocycles. The standard InChI is InChI=1S/C25H24N4OS/c1-17-9-11-18(12-10-17)21-13-15-31-23(21)25(30)26-20-7-5-6-19(16-20)24-28-27-22-8-3-2-4-14-29(22)24/h5-7,9-13,15-16H,2-4,8,14H2,1H3,(H,26,30). The summed E-state index contributed by atoms with van der Waals surface area (Å²) in [5.74, 6) is 1.84. The summed E-state index contributed by atoms with van der Waals surface area (Å²) in [6.45, 7) is 3.01. The minimum Gasteiger partial charge on any atom is -0.321 e.